The van der Waals surface area contributed by atoms with E-state index in [9.17, 15) is 14.4 Å². The molecule has 0 saturated carbocycles. The summed E-state index contributed by atoms with van der Waals surface area (Å²) in [5.41, 5.74) is 1.72. The number of carbonyl (C=O) groups is 3. The molecule has 1 aromatic rings. The first kappa shape index (κ1) is 19.1. The smallest absolute Gasteiger partial charge is 0.256 e. The van der Waals surface area contributed by atoms with Gasteiger partial charge in [-0.05, 0) is 22.5 Å². The molecule has 8 heteroatoms. The molecule has 2 aliphatic rings. The van der Waals surface area contributed by atoms with Crippen LogP contribution >= 0.6 is 24.0 Å². The number of fused-ring (bicyclic) bond motifs is 1. The molecule has 0 aliphatic carbocycles. The second-order valence-corrected chi connectivity index (χ2v) is 7.66. The average Bonchev–Trinajstić information content (AvgIpc) is 3.01. The number of thiol groups is 1. The molecule has 2 aliphatic heterocycles. The molecule has 0 aromatic carbocycles. The normalized spacial score (nSPS) is 19.8. The molecular formula is C16H22BN2O3S2. The van der Waals surface area contributed by atoms with Gasteiger partial charge in [-0.25, -0.2) is 0 Å². The number of carbonyl (C=O) groups excluding carboxylic acids is 3. The van der Waals surface area contributed by atoms with E-state index in [1.807, 2.05) is 12.3 Å². The van der Waals surface area contributed by atoms with Crippen molar-refractivity contribution < 1.29 is 14.4 Å². The third kappa shape index (κ3) is 4.03. The zero-order chi connectivity index (χ0) is 17.9. The summed E-state index contributed by atoms with van der Waals surface area (Å²) >= 11 is 5.36. The van der Waals surface area contributed by atoms with E-state index in [0.29, 0.717) is 24.3 Å². The van der Waals surface area contributed by atoms with E-state index in [4.69, 9.17) is 0 Å². The van der Waals surface area contributed by atoms with Crippen molar-refractivity contribution in [2.24, 2.45) is 0 Å². The van der Waals surface area contributed by atoms with Crippen LogP contribution in [0.25, 0.3) is 0 Å². The Morgan fingerprint density at radius 3 is 2.67 bits per heavy atom. The number of amides is 3. The second-order valence-electron chi connectivity index (χ2n) is 6.12. The lowest BCUT2D eigenvalue weighted by molar-refractivity contribution is -0.136. The third-order valence-electron chi connectivity index (χ3n) is 3.82. The third-order valence-corrected chi connectivity index (χ3v) is 4.81. The quantitative estimate of drug-likeness (QED) is 0.486. The molecule has 1 aromatic heterocycles. The van der Waals surface area contributed by atoms with Crippen molar-refractivity contribution in [3.8, 4) is 0 Å². The molecular weight excluding hydrogens is 343 g/mol. The highest BCUT2D eigenvalue weighted by molar-refractivity contribution is 7.80. The zero-order valence-corrected chi connectivity index (χ0v) is 15.9. The first-order valence-electron chi connectivity index (χ1n) is 8.09. The number of nitrogens with one attached hydrogen (secondary N) is 1. The number of rotatable bonds is 3. The highest BCUT2D eigenvalue weighted by Crippen LogP contribution is 2.29. The van der Waals surface area contributed by atoms with Gasteiger partial charge in [0, 0.05) is 18.3 Å². The van der Waals surface area contributed by atoms with Crippen LogP contribution in [0.2, 0.25) is 5.82 Å². The molecule has 1 saturated heterocycles. The van der Waals surface area contributed by atoms with Crippen molar-refractivity contribution in [1.82, 2.24) is 10.2 Å². The minimum Gasteiger partial charge on any atom is -0.322 e. The van der Waals surface area contributed by atoms with E-state index in [0.717, 1.165) is 16.1 Å². The van der Waals surface area contributed by atoms with Gasteiger partial charge in [0.05, 0.1) is 5.56 Å². The SMILES string of the molecule is CC(C)[B]c1scc2c1CN(C1CCC(=O)NC1=O)C2=O.CCS. The monoisotopic (exact) mass is 365 g/mol. The maximum absolute atomic E-state index is 12.5. The minimum absolute atomic E-state index is 0.0980. The minimum atomic E-state index is -0.528. The fourth-order valence-electron chi connectivity index (χ4n) is 2.81. The standard InChI is InChI=1S/C14H16BN2O3S.C2H6S/c1-7(2)15-12-8-5-17(14(20)9(8)6-21-12)10-3-4-11(18)16-13(10)19;1-2-3/h6-7,10H,3-5H2,1-2H3,(H,16,18,19);3H,2H2,1H3. The zero-order valence-electron chi connectivity index (χ0n) is 14.2. The van der Waals surface area contributed by atoms with Crippen LogP contribution < -0.4 is 10.1 Å². The molecule has 1 fully saturated rings. The van der Waals surface area contributed by atoms with Gasteiger partial charge in [0.1, 0.15) is 6.04 Å². The Hall–Kier alpha value is -1.28. The van der Waals surface area contributed by atoms with Gasteiger partial charge in [-0.1, -0.05) is 26.6 Å². The summed E-state index contributed by atoms with van der Waals surface area (Å²) in [6.07, 6.45) is 0.700. The molecule has 1 atom stereocenters. The van der Waals surface area contributed by atoms with E-state index >= 15 is 0 Å². The lowest BCUT2D eigenvalue weighted by Gasteiger charge is -2.29. The largest absolute Gasteiger partial charge is 0.322 e. The van der Waals surface area contributed by atoms with Crippen LogP contribution in [0.5, 0.6) is 0 Å². The van der Waals surface area contributed by atoms with Gasteiger partial charge in [0.15, 0.2) is 7.28 Å². The van der Waals surface area contributed by atoms with E-state index in [-0.39, 0.29) is 24.1 Å². The summed E-state index contributed by atoms with van der Waals surface area (Å²) in [7, 11) is 2.14. The topological polar surface area (TPSA) is 66.5 Å². The van der Waals surface area contributed by atoms with Gasteiger partial charge in [0.25, 0.3) is 5.91 Å². The summed E-state index contributed by atoms with van der Waals surface area (Å²) < 4.78 is 1.11. The van der Waals surface area contributed by atoms with E-state index in [1.165, 1.54) is 0 Å². The fraction of sp³-hybridized carbons (Fsp3) is 0.562. The predicted molar refractivity (Wildman–Crippen MR) is 100 cm³/mol. The summed E-state index contributed by atoms with van der Waals surface area (Å²) in [5, 5.41) is 4.19. The lowest BCUT2D eigenvalue weighted by atomic mass is 9.64. The first-order valence-corrected chi connectivity index (χ1v) is 9.61. The number of nitrogens with zero attached hydrogens (tertiary/aromatic N) is 1. The molecule has 1 unspecified atom stereocenters. The number of hydrogen-bond donors (Lipinski definition) is 2. The van der Waals surface area contributed by atoms with Crippen LogP contribution in [-0.2, 0) is 16.1 Å². The van der Waals surface area contributed by atoms with E-state index < -0.39 is 6.04 Å². The average molecular weight is 365 g/mol. The van der Waals surface area contributed by atoms with Crippen molar-refractivity contribution in [2.75, 3.05) is 5.75 Å². The fourth-order valence-corrected chi connectivity index (χ4v) is 3.97. The Kier molecular flexibility index (Phi) is 6.51. The molecule has 1 N–H and O–H groups in total. The molecule has 0 bridgehead atoms. The van der Waals surface area contributed by atoms with Gasteiger partial charge < -0.3 is 4.90 Å². The van der Waals surface area contributed by atoms with Crippen LogP contribution in [0.15, 0.2) is 5.38 Å². The van der Waals surface area contributed by atoms with Crippen molar-refractivity contribution in [1.29, 1.82) is 0 Å². The van der Waals surface area contributed by atoms with E-state index in [2.05, 4.69) is 39.1 Å². The maximum atomic E-state index is 12.5. The number of thiophene rings is 1. The Bertz CT molecular complexity index is 645. The van der Waals surface area contributed by atoms with Crippen molar-refractivity contribution in [3.05, 3.63) is 16.5 Å². The van der Waals surface area contributed by atoms with Crippen molar-refractivity contribution in [3.63, 3.8) is 0 Å². The molecule has 3 rings (SSSR count). The Balaban J connectivity index is 0.000000647. The first-order chi connectivity index (χ1) is 11.4. The number of hydrogen-bond acceptors (Lipinski definition) is 5. The summed E-state index contributed by atoms with van der Waals surface area (Å²) in [6.45, 7) is 6.65. The Morgan fingerprint density at radius 1 is 1.42 bits per heavy atom. The molecule has 1 radical (unpaired) electrons. The van der Waals surface area contributed by atoms with Crippen LogP contribution in [0.1, 0.15) is 49.5 Å². The maximum Gasteiger partial charge on any atom is 0.256 e. The molecule has 3 heterocycles. The molecule has 3 amide bonds. The molecule has 5 nitrogen and oxygen atoms in total. The van der Waals surface area contributed by atoms with Crippen LogP contribution in [0.3, 0.4) is 0 Å². The predicted octanol–water partition coefficient (Wildman–Crippen LogP) is 1.60. The van der Waals surface area contributed by atoms with Crippen LogP contribution in [0.4, 0.5) is 0 Å². The molecule has 0 spiro atoms. The van der Waals surface area contributed by atoms with Crippen LogP contribution in [0, 0.1) is 0 Å². The number of piperidine rings is 1. The van der Waals surface area contributed by atoms with Crippen molar-refractivity contribution >= 4 is 53.7 Å². The molecule has 24 heavy (non-hydrogen) atoms. The van der Waals surface area contributed by atoms with Gasteiger partial charge in [-0.3, -0.25) is 19.7 Å². The lowest BCUT2D eigenvalue weighted by Crippen LogP contribution is -2.52. The van der Waals surface area contributed by atoms with Gasteiger partial charge in [-0.2, -0.15) is 24.0 Å². The molecule has 129 valence electrons. The highest BCUT2D eigenvalue weighted by atomic mass is 32.1. The summed E-state index contributed by atoms with van der Waals surface area (Å²) in [5.74, 6) is 0.639. The summed E-state index contributed by atoms with van der Waals surface area (Å²) in [6, 6.07) is -0.528. The Morgan fingerprint density at radius 2 is 2.08 bits per heavy atom. The van der Waals surface area contributed by atoms with E-state index in [1.54, 1.807) is 16.2 Å². The van der Waals surface area contributed by atoms with Gasteiger partial charge in [-0.15, -0.1) is 0 Å². The summed E-state index contributed by atoms with van der Waals surface area (Å²) in [4.78, 5) is 37.2. The van der Waals surface area contributed by atoms with Gasteiger partial charge >= 0.3 is 0 Å². The van der Waals surface area contributed by atoms with Crippen LogP contribution in [-0.4, -0.2) is 41.7 Å². The van der Waals surface area contributed by atoms with Gasteiger partial charge in [0.2, 0.25) is 11.8 Å². The Labute approximate surface area is 152 Å². The highest BCUT2D eigenvalue weighted by Gasteiger charge is 2.40. The van der Waals surface area contributed by atoms with Crippen molar-refractivity contribution in [2.45, 2.75) is 52.0 Å². The second kappa shape index (κ2) is 8.20. The number of imide groups is 1.